The average Bonchev–Trinajstić information content (AvgIpc) is 2.81. The fourth-order valence-electron chi connectivity index (χ4n) is 3.87. The molecule has 0 aliphatic heterocycles. The van der Waals surface area contributed by atoms with Crippen LogP contribution in [0.5, 0.6) is 0 Å². The Bertz CT molecular complexity index is 1010. The molecule has 0 bridgehead atoms. The summed E-state index contributed by atoms with van der Waals surface area (Å²) in [5, 5.41) is 5.81. The Morgan fingerprint density at radius 1 is 0.552 bits per heavy atom. The first-order valence-corrected chi connectivity index (χ1v) is 16.4. The number of benzene rings is 4. The molecular formula is C26H25P2Se+. The van der Waals surface area contributed by atoms with E-state index in [4.69, 9.17) is 0 Å². The van der Waals surface area contributed by atoms with Crippen molar-refractivity contribution in [3.63, 3.8) is 0 Å². The van der Waals surface area contributed by atoms with Gasteiger partial charge in [0.1, 0.15) is 0 Å². The van der Waals surface area contributed by atoms with E-state index >= 15 is 0 Å². The molecule has 0 aliphatic rings. The summed E-state index contributed by atoms with van der Waals surface area (Å²) in [6.07, 6.45) is 0. The Morgan fingerprint density at radius 2 is 0.862 bits per heavy atom. The summed E-state index contributed by atoms with van der Waals surface area (Å²) in [5.41, 5.74) is -1.70. The van der Waals surface area contributed by atoms with Gasteiger partial charge in [0, 0.05) is 0 Å². The first kappa shape index (κ1) is 20.5. The molecule has 0 saturated heterocycles. The maximum absolute atomic E-state index is 3.76. The number of hydrogen-bond acceptors (Lipinski definition) is 0. The minimum atomic E-state index is -1.70. The van der Waals surface area contributed by atoms with Crippen molar-refractivity contribution in [1.82, 2.24) is 0 Å². The SMILES string of the molecule is C[P+](CP(=[Se])(c1ccccc1)c1ccccc1)(c1ccccc1)c1ccccc1. The van der Waals surface area contributed by atoms with Crippen LogP contribution in [0.15, 0.2) is 121 Å². The number of rotatable bonds is 6. The van der Waals surface area contributed by atoms with Crippen molar-refractivity contribution >= 4 is 49.1 Å². The first-order chi connectivity index (χ1) is 14.1. The number of hydrogen-bond donors (Lipinski definition) is 0. The Balaban J connectivity index is 1.92. The molecule has 0 spiro atoms. The molecule has 0 heterocycles. The Morgan fingerprint density at radius 3 is 1.21 bits per heavy atom. The van der Waals surface area contributed by atoms with Gasteiger partial charge in [0.2, 0.25) is 0 Å². The second-order valence-electron chi connectivity index (χ2n) is 7.41. The normalized spacial score (nSPS) is 11.9. The summed E-state index contributed by atoms with van der Waals surface area (Å²) in [6.45, 7) is 2.51. The van der Waals surface area contributed by atoms with Crippen LogP contribution in [-0.4, -0.2) is 27.7 Å². The zero-order chi connectivity index (χ0) is 20.2. The molecule has 144 valence electrons. The Hall–Kier alpha value is -1.74. The van der Waals surface area contributed by atoms with Gasteiger partial charge in [-0.3, -0.25) is 0 Å². The standard InChI is InChI=1S/C26H25P2Se/c1-27(23-14-6-2-7-15-23,24-16-8-3-9-17-24)22-28(29,25-18-10-4-11-19-25)26-20-12-5-13-21-26/h2-21H,22H2,1H3/q+1. The van der Waals surface area contributed by atoms with Crippen molar-refractivity contribution in [1.29, 1.82) is 0 Å². The van der Waals surface area contributed by atoms with Crippen molar-refractivity contribution in [2.75, 3.05) is 12.6 Å². The molecule has 0 fully saturated rings. The molecule has 0 amide bonds. The van der Waals surface area contributed by atoms with Gasteiger partial charge in [-0.05, 0) is 0 Å². The quantitative estimate of drug-likeness (QED) is 0.271. The Kier molecular flexibility index (Phi) is 6.34. The van der Waals surface area contributed by atoms with Crippen molar-refractivity contribution in [2.45, 2.75) is 0 Å². The van der Waals surface area contributed by atoms with Crippen molar-refractivity contribution in [3.05, 3.63) is 121 Å². The van der Waals surface area contributed by atoms with E-state index in [-0.39, 0.29) is 0 Å². The monoisotopic (exact) mass is 479 g/mol. The second-order valence-corrected chi connectivity index (χ2v) is 18.4. The van der Waals surface area contributed by atoms with Crippen LogP contribution in [0.2, 0.25) is 0 Å². The predicted molar refractivity (Wildman–Crippen MR) is 135 cm³/mol. The van der Waals surface area contributed by atoms with Crippen LogP contribution in [0.3, 0.4) is 0 Å². The van der Waals surface area contributed by atoms with Crippen LogP contribution in [0.1, 0.15) is 0 Å². The Labute approximate surface area is 182 Å². The molecule has 29 heavy (non-hydrogen) atoms. The zero-order valence-electron chi connectivity index (χ0n) is 16.6. The summed E-state index contributed by atoms with van der Waals surface area (Å²) in [4.78, 5) is 0. The molecule has 0 unspecified atom stereocenters. The van der Waals surface area contributed by atoms with E-state index in [2.05, 4.69) is 143 Å². The van der Waals surface area contributed by atoms with Crippen molar-refractivity contribution < 1.29 is 0 Å². The van der Waals surface area contributed by atoms with E-state index < -0.39 is 12.8 Å². The average molecular weight is 478 g/mol. The fraction of sp³-hybridized carbons (Fsp3) is 0.0769. The molecule has 0 aliphatic carbocycles. The minimum absolute atomic E-state index is 1.14. The molecule has 0 saturated carbocycles. The maximum atomic E-state index is 3.76. The molecule has 0 nitrogen and oxygen atoms in total. The van der Waals surface area contributed by atoms with Gasteiger partial charge in [0.05, 0.1) is 0 Å². The molecule has 4 aromatic carbocycles. The molecule has 0 aromatic heterocycles. The third-order valence-electron chi connectivity index (χ3n) is 5.48. The fourth-order valence-corrected chi connectivity index (χ4v) is 19.1. The van der Waals surface area contributed by atoms with Crippen LogP contribution in [-0.2, 0) is 0 Å². The molecule has 0 N–H and O–H groups in total. The van der Waals surface area contributed by atoms with E-state index in [1.807, 2.05) is 0 Å². The van der Waals surface area contributed by atoms with Crippen LogP contribution in [0.25, 0.3) is 0 Å². The van der Waals surface area contributed by atoms with Crippen LogP contribution < -0.4 is 21.2 Å². The summed E-state index contributed by atoms with van der Waals surface area (Å²) in [7, 11) is -1.61. The third-order valence-corrected chi connectivity index (χ3v) is 19.3. The van der Waals surface area contributed by atoms with Crippen LogP contribution in [0.4, 0.5) is 0 Å². The molecule has 0 radical (unpaired) electrons. The van der Waals surface area contributed by atoms with Gasteiger partial charge in [0.25, 0.3) is 0 Å². The summed E-state index contributed by atoms with van der Waals surface area (Å²) >= 11 is 3.76. The molecule has 4 aromatic rings. The summed E-state index contributed by atoms with van der Waals surface area (Å²) in [5.74, 6) is 1.14. The van der Waals surface area contributed by atoms with E-state index in [1.54, 1.807) is 0 Å². The van der Waals surface area contributed by atoms with Crippen LogP contribution in [0, 0.1) is 0 Å². The molecule has 4 rings (SSSR count). The molecule has 0 atom stereocenters. The van der Waals surface area contributed by atoms with Crippen molar-refractivity contribution in [3.8, 4) is 0 Å². The van der Waals surface area contributed by atoms with Crippen molar-refractivity contribution in [2.24, 2.45) is 0 Å². The summed E-state index contributed by atoms with van der Waals surface area (Å²) < 4.78 is 0. The third kappa shape index (κ3) is 4.26. The molecule has 3 heteroatoms. The van der Waals surface area contributed by atoms with Crippen LogP contribution >= 0.6 is 12.8 Å². The van der Waals surface area contributed by atoms with Gasteiger partial charge in [-0.15, -0.1) is 0 Å². The topological polar surface area (TPSA) is 0 Å². The zero-order valence-corrected chi connectivity index (χ0v) is 20.1. The molecular weight excluding hydrogens is 453 g/mol. The summed E-state index contributed by atoms with van der Waals surface area (Å²) in [6, 6.07) is 44.4. The van der Waals surface area contributed by atoms with Gasteiger partial charge in [-0.2, -0.15) is 0 Å². The van der Waals surface area contributed by atoms with Gasteiger partial charge in [-0.1, -0.05) is 0 Å². The van der Waals surface area contributed by atoms with E-state index in [1.165, 1.54) is 21.2 Å². The van der Waals surface area contributed by atoms with E-state index in [9.17, 15) is 0 Å². The van der Waals surface area contributed by atoms with Gasteiger partial charge < -0.3 is 0 Å². The second kappa shape index (κ2) is 8.95. The van der Waals surface area contributed by atoms with Gasteiger partial charge in [-0.25, -0.2) is 0 Å². The van der Waals surface area contributed by atoms with E-state index in [0.29, 0.717) is 0 Å². The predicted octanol–water partition coefficient (Wildman–Crippen LogP) is 4.99. The van der Waals surface area contributed by atoms with Gasteiger partial charge >= 0.3 is 183 Å². The first-order valence-electron chi connectivity index (χ1n) is 9.80. The van der Waals surface area contributed by atoms with Gasteiger partial charge in [0.15, 0.2) is 0 Å². The van der Waals surface area contributed by atoms with E-state index in [0.717, 1.165) is 5.90 Å².